The van der Waals surface area contributed by atoms with Crippen LogP contribution in [0.4, 0.5) is 0 Å². The molecule has 0 fully saturated rings. The molecule has 1 aliphatic heterocycles. The van der Waals surface area contributed by atoms with Gasteiger partial charge in [-0.05, 0) is 83.1 Å². The molecule has 7 rings (SSSR count). The van der Waals surface area contributed by atoms with E-state index in [2.05, 4.69) is 151 Å². The van der Waals surface area contributed by atoms with E-state index in [4.69, 9.17) is 0 Å². The van der Waals surface area contributed by atoms with E-state index in [1.807, 2.05) is 0 Å². The summed E-state index contributed by atoms with van der Waals surface area (Å²) in [7, 11) is 0. The fourth-order valence-corrected chi connectivity index (χ4v) is 6.00. The number of allylic oxidation sites excluding steroid dienone is 2. The van der Waals surface area contributed by atoms with Crippen molar-refractivity contribution in [1.29, 1.82) is 0 Å². The van der Waals surface area contributed by atoms with Crippen molar-refractivity contribution in [2.45, 2.75) is 13.8 Å². The monoisotopic (exact) mass is 502 g/mol. The van der Waals surface area contributed by atoms with Crippen molar-refractivity contribution in [3.63, 3.8) is 0 Å². The highest BCUT2D eigenvalue weighted by molar-refractivity contribution is 6.13. The number of nitrogens with one attached hydrogen (secondary N) is 1. The molecule has 1 N–H and O–H groups in total. The first kappa shape index (κ1) is 23.3. The van der Waals surface area contributed by atoms with Gasteiger partial charge in [-0.25, -0.2) is 0 Å². The molecule has 0 saturated heterocycles. The van der Waals surface area contributed by atoms with Crippen LogP contribution < -0.4 is 5.32 Å². The summed E-state index contributed by atoms with van der Waals surface area (Å²) in [5, 5.41) is 6.05. The van der Waals surface area contributed by atoms with Crippen LogP contribution in [0.2, 0.25) is 0 Å². The molecule has 0 atom stereocenters. The fraction of sp³-hybridized carbons (Fsp3) is 0.0811. The Morgan fingerprint density at radius 1 is 0.590 bits per heavy atom. The zero-order valence-electron chi connectivity index (χ0n) is 22.3. The molecule has 0 aliphatic carbocycles. The van der Waals surface area contributed by atoms with E-state index >= 15 is 0 Å². The molecule has 0 unspecified atom stereocenters. The number of fused-ring (bicyclic) bond motifs is 3. The Morgan fingerprint density at radius 3 is 2.08 bits per heavy atom. The van der Waals surface area contributed by atoms with Crippen molar-refractivity contribution in [2.24, 2.45) is 0 Å². The third-order valence-corrected chi connectivity index (χ3v) is 7.94. The molecule has 1 aliphatic rings. The van der Waals surface area contributed by atoms with Crippen LogP contribution in [-0.4, -0.2) is 11.1 Å². The minimum Gasteiger partial charge on any atom is -0.387 e. The first-order valence-corrected chi connectivity index (χ1v) is 13.6. The van der Waals surface area contributed by atoms with Crippen molar-refractivity contribution >= 4 is 33.0 Å². The van der Waals surface area contributed by atoms with Crippen molar-refractivity contribution in [1.82, 2.24) is 9.88 Å². The molecule has 5 aromatic carbocycles. The van der Waals surface area contributed by atoms with Gasteiger partial charge in [0.25, 0.3) is 0 Å². The molecule has 2 heterocycles. The highest BCUT2D eigenvalue weighted by atomic mass is 15.0. The van der Waals surface area contributed by atoms with E-state index in [0.29, 0.717) is 0 Å². The predicted octanol–water partition coefficient (Wildman–Crippen LogP) is 9.18. The highest BCUT2D eigenvalue weighted by Crippen LogP contribution is 2.40. The van der Waals surface area contributed by atoms with Gasteiger partial charge in [0.2, 0.25) is 0 Å². The maximum atomic E-state index is 3.51. The van der Waals surface area contributed by atoms with Gasteiger partial charge in [-0.1, -0.05) is 91.0 Å². The van der Waals surface area contributed by atoms with Crippen molar-refractivity contribution in [2.75, 3.05) is 6.54 Å². The Balaban J connectivity index is 1.38. The molecule has 0 spiro atoms. The second-order valence-electron chi connectivity index (χ2n) is 10.4. The van der Waals surface area contributed by atoms with Gasteiger partial charge in [0.05, 0.1) is 11.0 Å². The Bertz CT molecular complexity index is 1900. The normalized spacial score (nSPS) is 13.5. The number of rotatable bonds is 4. The van der Waals surface area contributed by atoms with Gasteiger partial charge in [0.15, 0.2) is 0 Å². The molecule has 2 nitrogen and oxygen atoms in total. The molecule has 0 radical (unpaired) electrons. The van der Waals surface area contributed by atoms with E-state index < -0.39 is 0 Å². The molecule has 1 aromatic heterocycles. The molecule has 2 heteroatoms. The lowest BCUT2D eigenvalue weighted by molar-refractivity contribution is 0.929. The topological polar surface area (TPSA) is 17.0 Å². The van der Waals surface area contributed by atoms with Crippen LogP contribution >= 0.6 is 0 Å². The quantitative estimate of drug-likeness (QED) is 0.254. The van der Waals surface area contributed by atoms with E-state index in [1.165, 1.54) is 72.0 Å². The standard InChI is InChI=1S/C37H30N2/c1-25-10-6-7-13-31(25)37-26(2)23-38-24-34(37)29-18-21-36-33(22-29)32-14-8-9-15-35(32)39(36)30-19-16-28(17-20-30)27-11-4-3-5-12-27/h3-22,24,38H,23H2,1-2H3. The van der Waals surface area contributed by atoms with Gasteiger partial charge >= 0.3 is 0 Å². The van der Waals surface area contributed by atoms with E-state index in [-0.39, 0.29) is 0 Å². The number of hydrogen-bond acceptors (Lipinski definition) is 1. The second-order valence-corrected chi connectivity index (χ2v) is 10.4. The molecule has 0 saturated carbocycles. The maximum Gasteiger partial charge on any atom is 0.0541 e. The molecule has 0 amide bonds. The number of nitrogens with zero attached hydrogens (tertiary/aromatic N) is 1. The molecule has 39 heavy (non-hydrogen) atoms. The highest BCUT2D eigenvalue weighted by Gasteiger charge is 2.20. The van der Waals surface area contributed by atoms with Crippen LogP contribution in [0.3, 0.4) is 0 Å². The Hall–Kier alpha value is -4.82. The molecule has 0 bridgehead atoms. The van der Waals surface area contributed by atoms with Crippen molar-refractivity contribution < 1.29 is 0 Å². The van der Waals surface area contributed by atoms with Crippen LogP contribution in [0.25, 0.3) is 49.8 Å². The van der Waals surface area contributed by atoms with E-state index in [0.717, 1.165) is 6.54 Å². The summed E-state index contributed by atoms with van der Waals surface area (Å²) in [5.41, 5.74) is 13.9. The predicted molar refractivity (Wildman–Crippen MR) is 166 cm³/mol. The van der Waals surface area contributed by atoms with E-state index in [1.54, 1.807) is 0 Å². The summed E-state index contributed by atoms with van der Waals surface area (Å²) in [5.74, 6) is 0. The Kier molecular flexibility index (Phi) is 5.67. The average Bonchev–Trinajstić information content (AvgIpc) is 3.32. The minimum atomic E-state index is 0.869. The summed E-state index contributed by atoms with van der Waals surface area (Å²) in [6.07, 6.45) is 2.19. The van der Waals surface area contributed by atoms with Crippen LogP contribution in [0.15, 0.2) is 133 Å². The smallest absolute Gasteiger partial charge is 0.0541 e. The van der Waals surface area contributed by atoms with Crippen LogP contribution in [0.5, 0.6) is 0 Å². The first-order chi connectivity index (χ1) is 19.2. The van der Waals surface area contributed by atoms with Gasteiger partial charge in [0.1, 0.15) is 0 Å². The summed E-state index contributed by atoms with van der Waals surface area (Å²) in [6, 6.07) is 43.9. The summed E-state index contributed by atoms with van der Waals surface area (Å²) in [6.45, 7) is 5.31. The lowest BCUT2D eigenvalue weighted by Crippen LogP contribution is -2.16. The van der Waals surface area contributed by atoms with Gasteiger partial charge in [0, 0.05) is 34.8 Å². The minimum absolute atomic E-state index is 0.869. The zero-order valence-corrected chi connectivity index (χ0v) is 22.3. The number of aryl methyl sites for hydroxylation is 1. The number of para-hydroxylation sites is 1. The van der Waals surface area contributed by atoms with Crippen molar-refractivity contribution in [3.8, 4) is 16.8 Å². The maximum absolute atomic E-state index is 3.51. The molecule has 188 valence electrons. The van der Waals surface area contributed by atoms with Gasteiger partial charge in [-0.2, -0.15) is 0 Å². The second kappa shape index (κ2) is 9.49. The number of aromatic nitrogens is 1. The van der Waals surface area contributed by atoms with E-state index in [9.17, 15) is 0 Å². The summed E-state index contributed by atoms with van der Waals surface area (Å²) in [4.78, 5) is 0. The Labute approximate surface area is 229 Å². The van der Waals surface area contributed by atoms with Crippen LogP contribution in [0.1, 0.15) is 23.6 Å². The first-order valence-electron chi connectivity index (χ1n) is 13.6. The molecular weight excluding hydrogens is 472 g/mol. The van der Waals surface area contributed by atoms with Gasteiger partial charge in [-0.3, -0.25) is 0 Å². The number of benzene rings is 5. The fourth-order valence-electron chi connectivity index (χ4n) is 6.00. The molecule has 6 aromatic rings. The third kappa shape index (κ3) is 3.97. The van der Waals surface area contributed by atoms with Crippen LogP contribution in [-0.2, 0) is 0 Å². The van der Waals surface area contributed by atoms with Crippen molar-refractivity contribution in [3.05, 3.63) is 150 Å². The van der Waals surface area contributed by atoms with Crippen LogP contribution in [0, 0.1) is 6.92 Å². The summed E-state index contributed by atoms with van der Waals surface area (Å²) < 4.78 is 2.39. The molecular formula is C37H30N2. The van der Waals surface area contributed by atoms with Gasteiger partial charge < -0.3 is 9.88 Å². The van der Waals surface area contributed by atoms with Gasteiger partial charge in [-0.15, -0.1) is 0 Å². The zero-order chi connectivity index (χ0) is 26.3. The third-order valence-electron chi connectivity index (χ3n) is 7.94. The number of hydrogen-bond donors (Lipinski definition) is 1. The Morgan fingerprint density at radius 2 is 1.26 bits per heavy atom. The number of dihydropyridines is 1. The SMILES string of the molecule is CC1=C(c2ccccc2C)C(c2ccc3c(c2)c2ccccc2n3-c2ccc(-c3ccccc3)cc2)=CNC1. The summed E-state index contributed by atoms with van der Waals surface area (Å²) >= 11 is 0. The largest absolute Gasteiger partial charge is 0.387 e. The average molecular weight is 503 g/mol. The lowest BCUT2D eigenvalue weighted by Gasteiger charge is -2.23. The lowest BCUT2D eigenvalue weighted by atomic mass is 9.85.